The Morgan fingerprint density at radius 3 is 2.86 bits per heavy atom. The molecule has 0 saturated carbocycles. The van der Waals surface area contributed by atoms with Crippen LogP contribution in [0.15, 0.2) is 25.0 Å². The third-order valence-corrected chi connectivity index (χ3v) is 0.446. The summed E-state index contributed by atoms with van der Waals surface area (Å²) in [7, 11) is 0. The molecule has 0 fully saturated rings. The molecule has 0 aromatic carbocycles. The van der Waals surface area contributed by atoms with E-state index < -0.39 is 0 Å². The van der Waals surface area contributed by atoms with Crippen LogP contribution in [0.3, 0.4) is 0 Å². The van der Waals surface area contributed by atoms with Crippen molar-refractivity contribution in [1.29, 1.82) is 0 Å². The molecular formula is C6H10O. The van der Waals surface area contributed by atoms with Gasteiger partial charge in [-0.1, -0.05) is 18.7 Å². The molecule has 1 nitrogen and oxygen atoms in total. The number of hydrogen-bond donors (Lipinski definition) is 0. The van der Waals surface area contributed by atoms with E-state index in [2.05, 4.69) is 6.58 Å². The number of ether oxygens (including phenoxy) is 1. The van der Waals surface area contributed by atoms with Crippen molar-refractivity contribution in [3.63, 3.8) is 0 Å². The van der Waals surface area contributed by atoms with Gasteiger partial charge in [0.2, 0.25) is 0 Å². The van der Waals surface area contributed by atoms with Crippen molar-refractivity contribution in [2.24, 2.45) is 0 Å². The Bertz CT molecular complexity index is 64.6. The van der Waals surface area contributed by atoms with Gasteiger partial charge in [0, 0.05) is 0 Å². The van der Waals surface area contributed by atoms with E-state index in [0.29, 0.717) is 6.61 Å². The summed E-state index contributed by atoms with van der Waals surface area (Å²) >= 11 is 0. The fraction of sp³-hybridized carbons (Fsp3) is 0.333. The van der Waals surface area contributed by atoms with Gasteiger partial charge in [0.05, 0.1) is 6.26 Å². The number of rotatable bonds is 3. The average Bonchev–Trinajstić information content (AvgIpc) is 1.69. The molecule has 0 saturated heterocycles. The van der Waals surface area contributed by atoms with E-state index in [0.717, 1.165) is 0 Å². The molecule has 0 aliphatic rings. The Hall–Kier alpha value is -0.720. The maximum absolute atomic E-state index is 4.83. The second kappa shape index (κ2) is 5.28. The van der Waals surface area contributed by atoms with Gasteiger partial charge in [-0.15, -0.1) is 0 Å². The highest BCUT2D eigenvalue weighted by Gasteiger charge is 1.64. The Kier molecular flexibility index (Phi) is 4.74. The Labute approximate surface area is 44.3 Å². The van der Waals surface area contributed by atoms with Crippen LogP contribution in [-0.2, 0) is 4.74 Å². The van der Waals surface area contributed by atoms with Crippen molar-refractivity contribution in [2.45, 2.75) is 6.92 Å². The van der Waals surface area contributed by atoms with Crippen LogP contribution < -0.4 is 0 Å². The van der Waals surface area contributed by atoms with E-state index in [1.54, 1.807) is 12.3 Å². The highest BCUT2D eigenvalue weighted by atomic mass is 16.5. The second-order valence-electron chi connectivity index (χ2n) is 1.09. The summed E-state index contributed by atoms with van der Waals surface area (Å²) < 4.78 is 4.83. The SMILES string of the molecule is C=CCO/C=C/C. The van der Waals surface area contributed by atoms with Crippen LogP contribution in [0.2, 0.25) is 0 Å². The van der Waals surface area contributed by atoms with Gasteiger partial charge < -0.3 is 4.74 Å². The normalized spacial score (nSPS) is 9.29. The molecule has 0 bridgehead atoms. The first-order chi connectivity index (χ1) is 3.41. The van der Waals surface area contributed by atoms with Crippen LogP contribution in [0.1, 0.15) is 6.92 Å². The standard InChI is InChI=1S/C6H10O/c1-3-5-7-6-4-2/h3-4,6H,1,5H2,2H3/b6-4+. The molecular weight excluding hydrogens is 88.1 g/mol. The van der Waals surface area contributed by atoms with Gasteiger partial charge >= 0.3 is 0 Å². The van der Waals surface area contributed by atoms with Crippen molar-refractivity contribution in [3.05, 3.63) is 25.0 Å². The summed E-state index contributed by atoms with van der Waals surface area (Å²) in [5.74, 6) is 0. The van der Waals surface area contributed by atoms with Crippen LogP contribution in [0.4, 0.5) is 0 Å². The van der Waals surface area contributed by atoms with Gasteiger partial charge in [-0.25, -0.2) is 0 Å². The molecule has 40 valence electrons. The molecule has 0 amide bonds. The van der Waals surface area contributed by atoms with E-state index >= 15 is 0 Å². The molecule has 0 radical (unpaired) electrons. The third kappa shape index (κ3) is 5.28. The zero-order valence-corrected chi connectivity index (χ0v) is 4.55. The monoisotopic (exact) mass is 98.1 g/mol. The minimum Gasteiger partial charge on any atom is -0.498 e. The third-order valence-electron chi connectivity index (χ3n) is 0.446. The van der Waals surface area contributed by atoms with Crippen molar-refractivity contribution < 1.29 is 4.74 Å². The van der Waals surface area contributed by atoms with E-state index in [-0.39, 0.29) is 0 Å². The Balaban J connectivity index is 2.82. The molecule has 0 aliphatic carbocycles. The van der Waals surface area contributed by atoms with Crippen LogP contribution >= 0.6 is 0 Å². The first kappa shape index (κ1) is 6.28. The summed E-state index contributed by atoms with van der Waals surface area (Å²) in [4.78, 5) is 0. The van der Waals surface area contributed by atoms with Gasteiger partial charge in [-0.3, -0.25) is 0 Å². The van der Waals surface area contributed by atoms with Gasteiger partial charge in [0.15, 0.2) is 0 Å². The molecule has 0 aliphatic heterocycles. The average molecular weight is 98.1 g/mol. The van der Waals surface area contributed by atoms with Crippen molar-refractivity contribution >= 4 is 0 Å². The first-order valence-electron chi connectivity index (χ1n) is 2.25. The molecule has 0 aromatic heterocycles. The maximum Gasteiger partial charge on any atom is 0.105 e. The van der Waals surface area contributed by atoms with E-state index in [9.17, 15) is 0 Å². The molecule has 0 N–H and O–H groups in total. The highest BCUT2D eigenvalue weighted by Crippen LogP contribution is 1.74. The second-order valence-corrected chi connectivity index (χ2v) is 1.09. The molecule has 1 heteroatoms. The molecule has 0 spiro atoms. The van der Waals surface area contributed by atoms with Crippen molar-refractivity contribution in [2.75, 3.05) is 6.61 Å². The minimum atomic E-state index is 0.602. The van der Waals surface area contributed by atoms with Crippen LogP contribution in [0.25, 0.3) is 0 Å². The molecule has 0 heterocycles. The van der Waals surface area contributed by atoms with E-state index in [1.165, 1.54) is 0 Å². The molecule has 0 unspecified atom stereocenters. The van der Waals surface area contributed by atoms with Gasteiger partial charge in [0.25, 0.3) is 0 Å². The van der Waals surface area contributed by atoms with E-state index in [4.69, 9.17) is 4.74 Å². The van der Waals surface area contributed by atoms with Crippen LogP contribution in [0.5, 0.6) is 0 Å². The molecule has 0 atom stereocenters. The predicted molar refractivity (Wildman–Crippen MR) is 31.0 cm³/mol. The van der Waals surface area contributed by atoms with Crippen molar-refractivity contribution in [3.8, 4) is 0 Å². The quantitative estimate of drug-likeness (QED) is 0.296. The largest absolute Gasteiger partial charge is 0.498 e. The first-order valence-corrected chi connectivity index (χ1v) is 2.25. The summed E-state index contributed by atoms with van der Waals surface area (Å²) in [5.41, 5.74) is 0. The smallest absolute Gasteiger partial charge is 0.105 e. The summed E-state index contributed by atoms with van der Waals surface area (Å²) in [6, 6.07) is 0. The highest BCUT2D eigenvalue weighted by molar-refractivity contribution is 4.70. The van der Waals surface area contributed by atoms with Crippen LogP contribution in [-0.4, -0.2) is 6.61 Å². The summed E-state index contributed by atoms with van der Waals surface area (Å²) in [5, 5.41) is 0. The predicted octanol–water partition coefficient (Wildman–Crippen LogP) is 1.72. The lowest BCUT2D eigenvalue weighted by Crippen LogP contribution is -1.76. The lowest BCUT2D eigenvalue weighted by Gasteiger charge is -1.88. The van der Waals surface area contributed by atoms with Crippen molar-refractivity contribution in [1.82, 2.24) is 0 Å². The van der Waals surface area contributed by atoms with Gasteiger partial charge in [0.1, 0.15) is 6.61 Å². The lowest BCUT2D eigenvalue weighted by atomic mass is 10.7. The molecule has 0 aromatic rings. The topological polar surface area (TPSA) is 9.23 Å². The number of allylic oxidation sites excluding steroid dienone is 1. The molecule has 0 rings (SSSR count). The molecule has 7 heavy (non-hydrogen) atoms. The van der Waals surface area contributed by atoms with Gasteiger partial charge in [-0.05, 0) is 6.92 Å². The minimum absolute atomic E-state index is 0.602. The zero-order valence-electron chi connectivity index (χ0n) is 4.55. The fourth-order valence-corrected chi connectivity index (χ4v) is 0.220. The Morgan fingerprint density at radius 2 is 2.43 bits per heavy atom. The zero-order chi connectivity index (χ0) is 5.54. The maximum atomic E-state index is 4.83. The number of hydrogen-bond acceptors (Lipinski definition) is 1. The Morgan fingerprint density at radius 1 is 1.71 bits per heavy atom. The summed E-state index contributed by atoms with van der Waals surface area (Å²) in [6.07, 6.45) is 5.19. The van der Waals surface area contributed by atoms with E-state index in [1.807, 2.05) is 13.0 Å². The van der Waals surface area contributed by atoms with Gasteiger partial charge in [-0.2, -0.15) is 0 Å². The summed E-state index contributed by atoms with van der Waals surface area (Å²) in [6.45, 7) is 5.98. The van der Waals surface area contributed by atoms with Crippen LogP contribution in [0, 0.1) is 0 Å². The lowest BCUT2D eigenvalue weighted by molar-refractivity contribution is 0.289. The fourth-order valence-electron chi connectivity index (χ4n) is 0.220.